The summed E-state index contributed by atoms with van der Waals surface area (Å²) in [5, 5.41) is 8.21. The molecule has 0 saturated carbocycles. The van der Waals surface area contributed by atoms with Gasteiger partial charge in [0.15, 0.2) is 0 Å². The molecule has 0 aliphatic carbocycles. The third kappa shape index (κ3) is 6.62. The molecule has 0 aromatic heterocycles. The largest absolute Gasteiger partial charge is 0.379 e. The number of hydrogen-bond acceptors (Lipinski definition) is 8. The molecule has 0 unspecified atom stereocenters. The van der Waals surface area contributed by atoms with Crippen LogP contribution >= 0.6 is 11.8 Å². The summed E-state index contributed by atoms with van der Waals surface area (Å²) in [6, 6.07) is 20.8. The van der Waals surface area contributed by atoms with Crippen molar-refractivity contribution in [3.05, 3.63) is 83.3 Å². The van der Waals surface area contributed by atoms with Gasteiger partial charge >= 0.3 is 0 Å². The maximum atomic E-state index is 12.8. The molecule has 1 amide bonds. The molecule has 0 atom stereocenters. The van der Waals surface area contributed by atoms with E-state index in [0.717, 1.165) is 42.5 Å². The van der Waals surface area contributed by atoms with E-state index in [1.807, 2.05) is 42.5 Å². The molecule has 1 saturated heterocycles. The van der Waals surface area contributed by atoms with E-state index >= 15 is 0 Å². The molecule has 0 bridgehead atoms. The highest BCUT2D eigenvalue weighted by atomic mass is 32.2. The topological polar surface area (TPSA) is 122 Å². The Bertz CT molecular complexity index is 1300. The summed E-state index contributed by atoms with van der Waals surface area (Å²) >= 11 is 1.66. The standard InChI is InChI=1S/C25H27N5O4S2/c31-25(19-6-8-20(9-7-19)30-15-12-26-13-16-30)29-36(33,34)22-10-11-23(24(18-22)28-32)27-14-17-35-21-4-2-1-3-5-21/h1-11,18,26-27H,12-17H2,(H,29,31)/p+1. The van der Waals surface area contributed by atoms with Gasteiger partial charge in [-0.2, -0.15) is 0 Å². The molecule has 1 aliphatic heterocycles. The number of benzene rings is 3. The van der Waals surface area contributed by atoms with Crippen molar-refractivity contribution in [3.63, 3.8) is 0 Å². The molecule has 36 heavy (non-hydrogen) atoms. The lowest BCUT2D eigenvalue weighted by Crippen LogP contribution is -2.56. The molecule has 0 radical (unpaired) electrons. The minimum atomic E-state index is -4.18. The molecule has 11 heteroatoms. The number of hydrogen-bond donors (Lipinski definition) is 4. The number of anilines is 2. The van der Waals surface area contributed by atoms with Crippen molar-refractivity contribution in [1.82, 2.24) is 10.0 Å². The van der Waals surface area contributed by atoms with Gasteiger partial charge in [-0.3, -0.25) is 4.79 Å². The number of piperazine rings is 1. The Morgan fingerprint density at radius 3 is 2.42 bits per heavy atom. The van der Waals surface area contributed by atoms with Crippen molar-refractivity contribution in [3.8, 4) is 0 Å². The van der Waals surface area contributed by atoms with Crippen molar-refractivity contribution in [1.29, 1.82) is 0 Å². The van der Waals surface area contributed by atoms with E-state index in [-0.39, 0.29) is 16.1 Å². The van der Waals surface area contributed by atoms with E-state index in [0.29, 0.717) is 12.2 Å². The lowest BCUT2D eigenvalue weighted by Gasteiger charge is -2.29. The summed E-state index contributed by atoms with van der Waals surface area (Å²) in [6.07, 6.45) is 0. The van der Waals surface area contributed by atoms with Crippen LogP contribution < -0.4 is 25.4 Å². The third-order valence-corrected chi connectivity index (χ3v) is 8.02. The number of sulfonamides is 1. The van der Waals surface area contributed by atoms with Crippen molar-refractivity contribution in [2.24, 2.45) is 0 Å². The van der Waals surface area contributed by atoms with Gasteiger partial charge in [-0.15, -0.1) is 11.8 Å². The number of carbonyl (C=O) groups is 1. The van der Waals surface area contributed by atoms with Gasteiger partial charge in [0.2, 0.25) is 0 Å². The summed E-state index contributed by atoms with van der Waals surface area (Å²) in [5.74, 6) is 0.0184. The molecule has 1 aliphatic rings. The summed E-state index contributed by atoms with van der Waals surface area (Å²) in [6.45, 7) is 4.09. The number of nitroso groups, excluding NO2 is 1. The van der Waals surface area contributed by atoms with E-state index < -0.39 is 15.9 Å². The number of thioether (sulfide) groups is 1. The number of rotatable bonds is 10. The molecule has 4 rings (SSSR count). The van der Waals surface area contributed by atoms with Crippen LogP contribution in [0.5, 0.6) is 0 Å². The first-order valence-electron chi connectivity index (χ1n) is 11.5. The highest BCUT2D eigenvalue weighted by molar-refractivity contribution is 7.99. The molecular weight excluding hydrogens is 498 g/mol. The highest BCUT2D eigenvalue weighted by Gasteiger charge is 2.22. The Hall–Kier alpha value is -3.41. The zero-order valence-corrected chi connectivity index (χ0v) is 21.2. The summed E-state index contributed by atoms with van der Waals surface area (Å²) < 4.78 is 27.7. The molecule has 1 fully saturated rings. The average Bonchev–Trinajstić information content (AvgIpc) is 2.92. The van der Waals surface area contributed by atoms with Crippen molar-refractivity contribution >= 4 is 44.8 Å². The van der Waals surface area contributed by atoms with Gasteiger partial charge in [-0.05, 0) is 48.5 Å². The number of nitrogens with zero attached hydrogens (tertiary/aromatic N) is 1. The zero-order chi connectivity index (χ0) is 25.4. The number of nitrogens with one attached hydrogen (secondary N) is 4. The second kappa shape index (κ2) is 12.0. The quantitative estimate of drug-likeness (QED) is 0.234. The predicted octanol–water partition coefficient (Wildman–Crippen LogP) is 1.90. The number of amides is 1. The summed E-state index contributed by atoms with van der Waals surface area (Å²) in [5.41, 5.74) is 1.77. The second-order valence-electron chi connectivity index (χ2n) is 8.12. The Morgan fingerprint density at radius 1 is 1.00 bits per heavy atom. The molecule has 3 aromatic rings. The maximum Gasteiger partial charge on any atom is 0.277 e. The Morgan fingerprint density at radius 2 is 1.72 bits per heavy atom. The monoisotopic (exact) mass is 526 g/mol. The van der Waals surface area contributed by atoms with Gasteiger partial charge in [-0.25, -0.2) is 13.1 Å². The minimum absolute atomic E-state index is 0.0791. The van der Waals surface area contributed by atoms with E-state index in [1.165, 1.54) is 18.2 Å². The normalized spacial score (nSPS) is 13.7. The van der Waals surface area contributed by atoms with Gasteiger partial charge in [0, 0.05) is 70.8 Å². The van der Waals surface area contributed by atoms with Gasteiger partial charge in [0.05, 0.1) is 4.90 Å². The van der Waals surface area contributed by atoms with Crippen LogP contribution in [0.2, 0.25) is 0 Å². The predicted molar refractivity (Wildman–Crippen MR) is 142 cm³/mol. The van der Waals surface area contributed by atoms with Crippen LogP contribution in [0.1, 0.15) is 10.4 Å². The fraction of sp³-hybridized carbons (Fsp3) is 0.240. The molecule has 3 aromatic carbocycles. The van der Waals surface area contributed by atoms with Crippen LogP contribution in [0.3, 0.4) is 0 Å². The van der Waals surface area contributed by atoms with Crippen molar-refractivity contribution in [2.45, 2.75) is 9.79 Å². The fourth-order valence-electron chi connectivity index (χ4n) is 3.79. The molecule has 4 N–H and O–H groups in total. The fourth-order valence-corrected chi connectivity index (χ4v) is 5.58. The molecule has 1 heterocycles. The van der Waals surface area contributed by atoms with Crippen LogP contribution in [-0.2, 0) is 10.0 Å². The van der Waals surface area contributed by atoms with Crippen LogP contribution in [-0.4, -0.2) is 52.8 Å². The smallest absolute Gasteiger partial charge is 0.277 e. The van der Waals surface area contributed by atoms with E-state index in [4.69, 9.17) is 0 Å². The summed E-state index contributed by atoms with van der Waals surface area (Å²) in [4.78, 5) is 27.3. The third-order valence-electron chi connectivity index (χ3n) is 5.68. The zero-order valence-electron chi connectivity index (χ0n) is 19.6. The van der Waals surface area contributed by atoms with E-state index in [1.54, 1.807) is 29.1 Å². The average molecular weight is 527 g/mol. The lowest BCUT2D eigenvalue weighted by molar-refractivity contribution is -0.378. The molecule has 0 spiro atoms. The molecule has 9 nitrogen and oxygen atoms in total. The van der Waals surface area contributed by atoms with Crippen molar-refractivity contribution < 1.29 is 18.4 Å². The van der Waals surface area contributed by atoms with Gasteiger partial charge < -0.3 is 15.5 Å². The Labute approximate surface area is 214 Å². The summed E-state index contributed by atoms with van der Waals surface area (Å²) in [7, 11) is -4.18. The second-order valence-corrected chi connectivity index (χ2v) is 11.0. The molecule has 188 valence electrons. The minimum Gasteiger partial charge on any atom is -0.379 e. The highest BCUT2D eigenvalue weighted by Crippen LogP contribution is 2.23. The molecular formula is C25H28N5O4S2+. The van der Waals surface area contributed by atoms with Crippen LogP contribution in [0, 0.1) is 4.91 Å². The first-order chi connectivity index (χ1) is 17.5. The van der Waals surface area contributed by atoms with Crippen LogP contribution in [0.25, 0.3) is 0 Å². The maximum absolute atomic E-state index is 12.8. The van der Waals surface area contributed by atoms with Crippen LogP contribution in [0.4, 0.5) is 17.1 Å². The van der Waals surface area contributed by atoms with Gasteiger partial charge in [0.1, 0.15) is 5.69 Å². The number of carbonyl (C=O) groups excluding carboxylic acids is 1. The first kappa shape index (κ1) is 25.7. The Balaban J connectivity index is 1.37. The van der Waals surface area contributed by atoms with E-state index in [2.05, 4.69) is 20.3 Å². The van der Waals surface area contributed by atoms with E-state index in [9.17, 15) is 18.1 Å². The van der Waals surface area contributed by atoms with Crippen LogP contribution in [0.15, 0.2) is 82.6 Å². The Kier molecular flexibility index (Phi) is 8.57. The van der Waals surface area contributed by atoms with Crippen molar-refractivity contribution in [2.75, 3.05) is 48.7 Å². The first-order valence-corrected chi connectivity index (χ1v) is 14.0. The lowest BCUT2D eigenvalue weighted by atomic mass is 10.2. The SMILES string of the molecule is O=[NH+]c1cc(S(=O)(=O)NC(=O)c2ccc(N3CCNCC3)cc2)ccc1NCCSc1ccccc1. The van der Waals surface area contributed by atoms with Gasteiger partial charge in [0.25, 0.3) is 21.6 Å². The van der Waals surface area contributed by atoms with Gasteiger partial charge in [-0.1, -0.05) is 18.2 Å².